The van der Waals surface area contributed by atoms with Gasteiger partial charge in [-0.25, -0.2) is 0 Å². The Morgan fingerprint density at radius 2 is 1.36 bits per heavy atom. The number of hydrogen-bond acceptors (Lipinski definition) is 1. The second-order valence-corrected chi connectivity index (χ2v) is 19.5. The SMILES string of the molecule is CC12CC3C4C5C6CC7C8C9CC%10C%11C%12C%13CCC%13(C)C%13(C1N)C32C41C52C76C83C%109C%114C%12C%131C432. The van der Waals surface area contributed by atoms with Crippen LogP contribution < -0.4 is 5.73 Å². The Bertz CT molecular complexity index is 1600. The van der Waals surface area contributed by atoms with Crippen molar-refractivity contribution in [3.63, 3.8) is 0 Å². The van der Waals surface area contributed by atoms with Gasteiger partial charge in [-0.05, 0) is 163 Å². The topological polar surface area (TPSA) is 26.0 Å². The third-order valence-corrected chi connectivity index (χ3v) is 24.3. The highest BCUT2D eigenvalue weighted by Gasteiger charge is 3.47. The largest absolute Gasteiger partial charge is 0.327 e. The van der Waals surface area contributed by atoms with Gasteiger partial charge < -0.3 is 5.73 Å². The molecule has 0 heterocycles. The van der Waals surface area contributed by atoms with Crippen molar-refractivity contribution in [2.75, 3.05) is 0 Å². The van der Waals surface area contributed by atoms with Gasteiger partial charge in [-0.2, -0.15) is 0 Å². The van der Waals surface area contributed by atoms with E-state index in [0.717, 1.165) is 54.7 Å². The lowest BCUT2D eigenvalue weighted by molar-refractivity contribution is -1.03. The van der Waals surface area contributed by atoms with Gasteiger partial charge >= 0.3 is 0 Å². The Morgan fingerprint density at radius 3 is 2.18 bits per heavy atom. The average molecular weight is 430 g/mol. The summed E-state index contributed by atoms with van der Waals surface area (Å²) in [6.07, 6.45) is 8.28. The fraction of sp³-hybridized carbons (Fsp3) is 1.00. The first kappa shape index (κ1) is 13.5. The fourth-order valence-corrected chi connectivity index (χ4v) is 28.5. The molecule has 18 aliphatic rings. The van der Waals surface area contributed by atoms with Crippen LogP contribution in [-0.2, 0) is 0 Å². The molecule has 18 saturated carbocycles. The molecule has 0 saturated heterocycles. The summed E-state index contributed by atoms with van der Waals surface area (Å²) in [5.41, 5.74) is 18.3. The molecule has 0 aliphatic heterocycles. The van der Waals surface area contributed by atoms with Gasteiger partial charge in [0, 0.05) is 11.5 Å². The molecular weight excluding hydrogens is 398 g/mol. The Labute approximate surface area is 193 Å². The number of rotatable bonds is 0. The standard InChI is InChI=1S/C32H31N/c1-21-4-3-8(21)14-16-11-5-9-15-10-6-12-17-18-13-7-22(2)20(33)31(21)26(13,22)29(18)28(17)24(10,12)27(15)23(9,11)25(16)19(14)30(29,31)32(25,27)28/h8-20H,3-7,33H2,1-2H3. The Morgan fingerprint density at radius 1 is 0.606 bits per heavy atom. The van der Waals surface area contributed by atoms with E-state index in [-0.39, 0.29) is 0 Å². The van der Waals surface area contributed by atoms with Crippen LogP contribution in [0.4, 0.5) is 0 Å². The first-order valence-corrected chi connectivity index (χ1v) is 15.8. The number of nitrogens with two attached hydrogens (primary N) is 1. The molecule has 25 atom stereocenters. The van der Waals surface area contributed by atoms with Crippen molar-refractivity contribution in [1.29, 1.82) is 0 Å². The number of hydrogen-bond donors (Lipinski definition) is 1. The van der Waals surface area contributed by atoms with E-state index in [9.17, 15) is 0 Å². The number of fused-ring (bicyclic) bond motifs is 9. The first-order valence-electron chi connectivity index (χ1n) is 15.8. The molecule has 25 unspecified atom stereocenters. The molecule has 18 rings (SSSR count). The van der Waals surface area contributed by atoms with Crippen molar-refractivity contribution in [2.45, 2.75) is 52.0 Å². The van der Waals surface area contributed by atoms with Gasteiger partial charge in [0.2, 0.25) is 0 Å². The van der Waals surface area contributed by atoms with Crippen LogP contribution in [0.3, 0.4) is 0 Å². The molecule has 164 valence electrons. The van der Waals surface area contributed by atoms with Crippen LogP contribution in [-0.4, -0.2) is 6.04 Å². The summed E-state index contributed by atoms with van der Waals surface area (Å²) in [5, 5.41) is 0. The van der Waals surface area contributed by atoms with Crippen LogP contribution in [0.2, 0.25) is 0 Å². The van der Waals surface area contributed by atoms with Gasteiger partial charge in [-0.3, -0.25) is 0 Å². The maximum absolute atomic E-state index is 7.75. The molecule has 10 spiro atoms. The van der Waals surface area contributed by atoms with E-state index in [1.807, 2.05) is 0 Å². The van der Waals surface area contributed by atoms with Crippen molar-refractivity contribution in [1.82, 2.24) is 0 Å². The molecule has 1 heteroatoms. The molecule has 0 amide bonds. The van der Waals surface area contributed by atoms with E-state index in [0.29, 0.717) is 22.3 Å². The molecule has 0 aromatic heterocycles. The highest BCUT2D eigenvalue weighted by molar-refractivity contribution is 5.92. The second kappa shape index (κ2) is 2.28. The summed E-state index contributed by atoms with van der Waals surface area (Å²) in [4.78, 5) is 0. The van der Waals surface area contributed by atoms with E-state index in [4.69, 9.17) is 5.73 Å². The minimum Gasteiger partial charge on any atom is -0.327 e. The van der Waals surface area contributed by atoms with Gasteiger partial charge in [0.25, 0.3) is 0 Å². The monoisotopic (exact) mass is 429 g/mol. The van der Waals surface area contributed by atoms with Crippen molar-refractivity contribution in [2.24, 2.45) is 142 Å². The lowest BCUT2D eigenvalue weighted by Crippen LogP contribution is -3.46. The molecule has 1 nitrogen and oxygen atoms in total. The average Bonchev–Trinajstić information content (AvgIpc) is 2.70. The van der Waals surface area contributed by atoms with Gasteiger partial charge in [-0.15, -0.1) is 0 Å². The summed E-state index contributed by atoms with van der Waals surface area (Å²) < 4.78 is 0. The summed E-state index contributed by atoms with van der Waals surface area (Å²) >= 11 is 0. The molecule has 18 fully saturated rings. The molecule has 0 aromatic carbocycles. The minimum atomic E-state index is 0.581. The summed E-state index contributed by atoms with van der Waals surface area (Å²) in [6, 6.07) is 0.605. The summed E-state index contributed by atoms with van der Waals surface area (Å²) in [5.74, 6) is 15.0. The first-order chi connectivity index (χ1) is 16.0. The summed E-state index contributed by atoms with van der Waals surface area (Å²) in [7, 11) is 0. The second-order valence-electron chi connectivity index (χ2n) is 19.5. The predicted molar refractivity (Wildman–Crippen MR) is 113 cm³/mol. The fourth-order valence-electron chi connectivity index (χ4n) is 28.5. The summed E-state index contributed by atoms with van der Waals surface area (Å²) in [6.45, 7) is 5.70. The van der Waals surface area contributed by atoms with Crippen LogP contribution in [0, 0.1) is 136 Å². The maximum atomic E-state index is 7.75. The molecule has 0 aromatic rings. The molecule has 33 heavy (non-hydrogen) atoms. The Hall–Kier alpha value is -0.0400. The Kier molecular flexibility index (Phi) is 0.931. The van der Waals surface area contributed by atoms with Crippen LogP contribution in [0.15, 0.2) is 0 Å². The third-order valence-electron chi connectivity index (χ3n) is 24.3. The van der Waals surface area contributed by atoms with E-state index in [2.05, 4.69) is 13.8 Å². The lowest BCUT2D eigenvalue weighted by atomic mass is 8.55. The van der Waals surface area contributed by atoms with Gasteiger partial charge in [0.1, 0.15) is 0 Å². The predicted octanol–water partition coefficient (Wildman–Crippen LogP) is 3.78. The molecule has 0 radical (unpaired) electrons. The van der Waals surface area contributed by atoms with E-state index in [1.165, 1.54) is 65.1 Å². The highest BCUT2D eigenvalue weighted by Crippen LogP contribution is 3.49. The molecular formula is C32H31N. The van der Waals surface area contributed by atoms with Crippen LogP contribution in [0.5, 0.6) is 0 Å². The van der Waals surface area contributed by atoms with Crippen molar-refractivity contribution < 1.29 is 0 Å². The van der Waals surface area contributed by atoms with Crippen LogP contribution in [0.1, 0.15) is 46.0 Å². The molecule has 0 bridgehead atoms. The smallest absolute Gasteiger partial charge is 0.0173 e. The van der Waals surface area contributed by atoms with E-state index in [1.54, 1.807) is 32.1 Å². The highest BCUT2D eigenvalue weighted by atomic mass is 15.5. The zero-order valence-corrected chi connectivity index (χ0v) is 19.6. The van der Waals surface area contributed by atoms with Gasteiger partial charge in [0.15, 0.2) is 0 Å². The van der Waals surface area contributed by atoms with Crippen molar-refractivity contribution in [3.05, 3.63) is 0 Å². The maximum Gasteiger partial charge on any atom is 0.0173 e. The quantitative estimate of drug-likeness (QED) is 0.623. The molecule has 2 N–H and O–H groups in total. The Balaban J connectivity index is 1.12. The van der Waals surface area contributed by atoms with Crippen molar-refractivity contribution >= 4 is 0 Å². The van der Waals surface area contributed by atoms with Gasteiger partial charge in [0.05, 0.1) is 0 Å². The van der Waals surface area contributed by atoms with E-state index >= 15 is 0 Å². The normalized spacial score (nSPS) is 116. The van der Waals surface area contributed by atoms with E-state index < -0.39 is 0 Å². The zero-order valence-electron chi connectivity index (χ0n) is 19.6. The third kappa shape index (κ3) is 0.382. The van der Waals surface area contributed by atoms with Crippen molar-refractivity contribution in [3.8, 4) is 0 Å². The minimum absolute atomic E-state index is 0.581. The molecule has 18 aliphatic carbocycles. The van der Waals surface area contributed by atoms with Crippen LogP contribution >= 0.6 is 0 Å². The van der Waals surface area contributed by atoms with Crippen LogP contribution in [0.25, 0.3) is 0 Å². The lowest BCUT2D eigenvalue weighted by Gasteiger charge is -3.47. The zero-order chi connectivity index (χ0) is 20.0. The van der Waals surface area contributed by atoms with Gasteiger partial charge in [-0.1, -0.05) is 13.8 Å².